The molecule has 0 saturated heterocycles. The summed E-state index contributed by atoms with van der Waals surface area (Å²) < 4.78 is 24.6. The maximum atomic E-state index is 12.3. The number of carbonyl (C=O) groups is 1. The van der Waals surface area contributed by atoms with E-state index in [0.717, 1.165) is 4.90 Å². The van der Waals surface area contributed by atoms with Crippen LogP contribution in [-0.4, -0.2) is 48.6 Å². The van der Waals surface area contributed by atoms with Gasteiger partial charge in [-0.15, -0.1) is 0 Å². The second-order valence-corrected chi connectivity index (χ2v) is 4.57. The number of nitrogen functional groups attached to an aromatic ring is 1. The van der Waals surface area contributed by atoms with E-state index in [9.17, 15) is 13.6 Å². The minimum Gasteiger partial charge on any atom is -0.397 e. The van der Waals surface area contributed by atoms with Gasteiger partial charge in [0.15, 0.2) is 0 Å². The van der Waals surface area contributed by atoms with Gasteiger partial charge in [0.2, 0.25) is 5.91 Å². The molecule has 0 unspecified atom stereocenters. The van der Waals surface area contributed by atoms with Crippen molar-refractivity contribution in [2.24, 2.45) is 0 Å². The van der Waals surface area contributed by atoms with Gasteiger partial charge in [0.05, 0.1) is 31.1 Å². The van der Waals surface area contributed by atoms with E-state index in [4.69, 9.17) is 22.4 Å². The zero-order valence-corrected chi connectivity index (χ0v) is 11.4. The summed E-state index contributed by atoms with van der Waals surface area (Å²) in [7, 11) is 0. The number of anilines is 2. The molecule has 1 rings (SSSR count). The molecular formula is C12H16ClF2N3O2. The van der Waals surface area contributed by atoms with Crippen LogP contribution in [0.1, 0.15) is 0 Å². The molecule has 1 amide bonds. The standard InChI is InChI=1S/C12H16ClF2N3O2/c13-8-1-2-10(9(16)5-8)17-12(20)7-18(3-4-19)6-11(14)15/h1-2,5,11,19H,3-4,6-7,16H2,(H,17,20). The Kier molecular flexibility index (Phi) is 6.63. The normalized spacial score (nSPS) is 11.1. The number of amides is 1. The molecule has 0 fully saturated rings. The molecule has 0 aliphatic rings. The van der Waals surface area contributed by atoms with Crippen molar-refractivity contribution in [2.75, 3.05) is 37.3 Å². The molecule has 0 atom stereocenters. The van der Waals surface area contributed by atoms with Crippen LogP contribution in [0.15, 0.2) is 18.2 Å². The van der Waals surface area contributed by atoms with Crippen LogP contribution in [0.2, 0.25) is 5.02 Å². The molecule has 1 aromatic rings. The zero-order valence-electron chi connectivity index (χ0n) is 10.7. The highest BCUT2D eigenvalue weighted by atomic mass is 35.5. The molecule has 0 aliphatic heterocycles. The molecule has 0 heterocycles. The lowest BCUT2D eigenvalue weighted by molar-refractivity contribution is -0.117. The van der Waals surface area contributed by atoms with E-state index >= 15 is 0 Å². The molecule has 1 aromatic carbocycles. The topological polar surface area (TPSA) is 78.6 Å². The summed E-state index contributed by atoms with van der Waals surface area (Å²) in [5.41, 5.74) is 6.31. The number of benzene rings is 1. The van der Waals surface area contributed by atoms with Gasteiger partial charge in [-0.3, -0.25) is 9.69 Å². The van der Waals surface area contributed by atoms with Crippen molar-refractivity contribution in [1.29, 1.82) is 0 Å². The minimum absolute atomic E-state index is 0.00609. The number of alkyl halides is 2. The van der Waals surface area contributed by atoms with Gasteiger partial charge in [-0.05, 0) is 18.2 Å². The number of hydrogen-bond acceptors (Lipinski definition) is 4. The molecule has 0 aliphatic carbocycles. The summed E-state index contributed by atoms with van der Waals surface area (Å²) >= 11 is 5.72. The Hall–Kier alpha value is -1.44. The summed E-state index contributed by atoms with van der Waals surface area (Å²) in [6, 6.07) is 4.55. The highest BCUT2D eigenvalue weighted by Gasteiger charge is 2.15. The fraction of sp³-hybridized carbons (Fsp3) is 0.417. The van der Waals surface area contributed by atoms with E-state index in [-0.39, 0.29) is 25.4 Å². The Morgan fingerprint density at radius 3 is 2.75 bits per heavy atom. The molecule has 0 saturated carbocycles. The molecule has 112 valence electrons. The van der Waals surface area contributed by atoms with Crippen molar-refractivity contribution >= 4 is 28.9 Å². The third-order valence-electron chi connectivity index (χ3n) is 2.47. The molecule has 5 nitrogen and oxygen atoms in total. The highest BCUT2D eigenvalue weighted by molar-refractivity contribution is 6.31. The molecule has 0 radical (unpaired) electrons. The molecule has 0 bridgehead atoms. The van der Waals surface area contributed by atoms with E-state index in [2.05, 4.69) is 5.32 Å². The van der Waals surface area contributed by atoms with Crippen molar-refractivity contribution in [1.82, 2.24) is 4.90 Å². The lowest BCUT2D eigenvalue weighted by atomic mass is 10.2. The Labute approximate surface area is 120 Å². The molecule has 0 aromatic heterocycles. The van der Waals surface area contributed by atoms with Crippen LogP contribution in [0.3, 0.4) is 0 Å². The summed E-state index contributed by atoms with van der Waals surface area (Å²) in [5.74, 6) is -0.492. The van der Waals surface area contributed by atoms with Crippen LogP contribution >= 0.6 is 11.6 Å². The van der Waals surface area contributed by atoms with Crippen LogP contribution in [0.4, 0.5) is 20.2 Å². The number of aliphatic hydroxyl groups is 1. The minimum atomic E-state index is -2.57. The largest absolute Gasteiger partial charge is 0.397 e. The first kappa shape index (κ1) is 16.6. The Balaban J connectivity index is 2.60. The van der Waals surface area contributed by atoms with Gasteiger partial charge in [0, 0.05) is 11.6 Å². The van der Waals surface area contributed by atoms with Crippen molar-refractivity contribution in [3.8, 4) is 0 Å². The first-order valence-electron chi connectivity index (χ1n) is 5.88. The number of aliphatic hydroxyl groups excluding tert-OH is 1. The fourth-order valence-corrected chi connectivity index (χ4v) is 1.79. The van der Waals surface area contributed by atoms with Gasteiger partial charge >= 0.3 is 0 Å². The number of hydrogen-bond donors (Lipinski definition) is 3. The monoisotopic (exact) mass is 307 g/mol. The summed E-state index contributed by atoms with van der Waals surface area (Å²) in [6.45, 7) is -1.14. The molecule has 0 spiro atoms. The predicted molar refractivity (Wildman–Crippen MR) is 74.0 cm³/mol. The zero-order chi connectivity index (χ0) is 15.1. The van der Waals surface area contributed by atoms with Crippen molar-refractivity contribution < 1.29 is 18.7 Å². The number of rotatable bonds is 7. The second-order valence-electron chi connectivity index (χ2n) is 4.13. The Bertz CT molecular complexity index is 460. The average molecular weight is 308 g/mol. The van der Waals surface area contributed by atoms with Gasteiger partial charge < -0.3 is 16.2 Å². The maximum absolute atomic E-state index is 12.3. The smallest absolute Gasteiger partial charge is 0.251 e. The average Bonchev–Trinajstić information content (AvgIpc) is 2.32. The summed E-state index contributed by atoms with van der Waals surface area (Å²) in [6.07, 6.45) is -2.57. The summed E-state index contributed by atoms with van der Waals surface area (Å²) in [5, 5.41) is 11.7. The van der Waals surface area contributed by atoms with Crippen molar-refractivity contribution in [3.63, 3.8) is 0 Å². The molecule has 4 N–H and O–H groups in total. The first-order chi connectivity index (χ1) is 9.42. The highest BCUT2D eigenvalue weighted by Crippen LogP contribution is 2.22. The number of nitrogens with zero attached hydrogens (tertiary/aromatic N) is 1. The van der Waals surface area contributed by atoms with Crippen LogP contribution in [0.25, 0.3) is 0 Å². The number of carbonyl (C=O) groups excluding carboxylic acids is 1. The van der Waals surface area contributed by atoms with Gasteiger partial charge in [-0.2, -0.15) is 0 Å². The first-order valence-corrected chi connectivity index (χ1v) is 6.26. The van der Waals surface area contributed by atoms with Crippen molar-refractivity contribution in [2.45, 2.75) is 6.43 Å². The van der Waals surface area contributed by atoms with Gasteiger partial charge in [0.1, 0.15) is 0 Å². The lowest BCUT2D eigenvalue weighted by Crippen LogP contribution is -2.38. The SMILES string of the molecule is Nc1cc(Cl)ccc1NC(=O)CN(CCO)CC(F)F. The molecular weight excluding hydrogens is 292 g/mol. The van der Waals surface area contributed by atoms with Crippen LogP contribution in [0, 0.1) is 0 Å². The number of nitrogens with two attached hydrogens (primary N) is 1. The van der Waals surface area contributed by atoms with Gasteiger partial charge in [-0.1, -0.05) is 11.6 Å². The molecule has 20 heavy (non-hydrogen) atoms. The van der Waals surface area contributed by atoms with E-state index in [1.54, 1.807) is 6.07 Å². The van der Waals surface area contributed by atoms with E-state index < -0.39 is 18.9 Å². The van der Waals surface area contributed by atoms with E-state index in [1.807, 2.05) is 0 Å². The Morgan fingerprint density at radius 1 is 1.50 bits per heavy atom. The number of nitrogens with one attached hydrogen (secondary N) is 1. The Morgan fingerprint density at radius 2 is 2.20 bits per heavy atom. The van der Waals surface area contributed by atoms with Gasteiger partial charge in [-0.25, -0.2) is 8.78 Å². The van der Waals surface area contributed by atoms with Gasteiger partial charge in [0.25, 0.3) is 6.43 Å². The van der Waals surface area contributed by atoms with E-state index in [1.165, 1.54) is 12.1 Å². The quantitative estimate of drug-likeness (QED) is 0.666. The second kappa shape index (κ2) is 7.98. The summed E-state index contributed by atoms with van der Waals surface area (Å²) in [4.78, 5) is 12.9. The van der Waals surface area contributed by atoms with E-state index in [0.29, 0.717) is 10.7 Å². The van der Waals surface area contributed by atoms with Crippen LogP contribution < -0.4 is 11.1 Å². The number of halogens is 3. The third kappa shape index (κ3) is 5.68. The maximum Gasteiger partial charge on any atom is 0.251 e. The fourth-order valence-electron chi connectivity index (χ4n) is 1.61. The molecule has 8 heteroatoms. The van der Waals surface area contributed by atoms with Crippen molar-refractivity contribution in [3.05, 3.63) is 23.2 Å². The third-order valence-corrected chi connectivity index (χ3v) is 2.70. The lowest BCUT2D eigenvalue weighted by Gasteiger charge is -2.20. The van der Waals surface area contributed by atoms with Crippen LogP contribution in [0.5, 0.6) is 0 Å². The van der Waals surface area contributed by atoms with Crippen LogP contribution in [-0.2, 0) is 4.79 Å². The predicted octanol–water partition coefficient (Wildman–Crippen LogP) is 1.42.